The first kappa shape index (κ1) is 34.0. The number of alkyl halides is 3. The van der Waals surface area contributed by atoms with Gasteiger partial charge in [-0.3, -0.25) is 14.5 Å². The maximum Gasteiger partial charge on any atom is 0.490 e. The van der Waals surface area contributed by atoms with Crippen LogP contribution in [0.4, 0.5) is 13.2 Å². The van der Waals surface area contributed by atoms with Crippen LogP contribution < -0.4 is 5.56 Å². The van der Waals surface area contributed by atoms with Crippen molar-refractivity contribution in [2.75, 3.05) is 40.4 Å². The summed E-state index contributed by atoms with van der Waals surface area (Å²) in [5, 5.41) is 14.3. The third kappa shape index (κ3) is 10.0. The van der Waals surface area contributed by atoms with Gasteiger partial charge in [0.1, 0.15) is 0 Å². The standard InChI is InChI=1S/C28H35ClN4O3.C2HF3O2/c1-31(27(34)10-6-18-36-2)16-17-32-15-5-7-23(32)20-33-28(35)25-9-4-3-8-24(25)26(30-33)19-21-11-13-22(29)14-12-21;3-2(4,5)1(6)7/h3-4,8-9,11-14,23H,5-7,10,15-20H2,1-2H3;(H,6,7). The van der Waals surface area contributed by atoms with Gasteiger partial charge < -0.3 is 14.7 Å². The Labute approximate surface area is 252 Å². The van der Waals surface area contributed by atoms with Crippen LogP contribution in [0.5, 0.6) is 0 Å². The Morgan fingerprint density at radius 3 is 2.42 bits per heavy atom. The Morgan fingerprint density at radius 1 is 1.14 bits per heavy atom. The zero-order valence-electron chi connectivity index (χ0n) is 24.1. The fourth-order valence-electron chi connectivity index (χ4n) is 4.91. The SMILES string of the molecule is COCCCC(=O)N(C)CCN1CCCC1Cn1nc(Cc2ccc(Cl)cc2)c2ccccc2c1=O.O=C(O)C(F)(F)F. The molecule has 1 saturated heterocycles. The van der Waals surface area contributed by atoms with Gasteiger partial charge in [-0.05, 0) is 49.6 Å². The van der Waals surface area contributed by atoms with Crippen LogP contribution in [0.25, 0.3) is 10.8 Å². The van der Waals surface area contributed by atoms with E-state index in [0.29, 0.717) is 42.9 Å². The molecule has 0 saturated carbocycles. The number of rotatable bonds is 11. The molecule has 3 aromatic rings. The minimum atomic E-state index is -5.08. The van der Waals surface area contributed by atoms with Crippen LogP contribution in [0.2, 0.25) is 5.02 Å². The second-order valence-corrected chi connectivity index (χ2v) is 10.8. The lowest BCUT2D eigenvalue weighted by atomic mass is 10.0. The Kier molecular flexibility index (Phi) is 12.5. The Hall–Kier alpha value is -3.48. The highest BCUT2D eigenvalue weighted by atomic mass is 35.5. The molecule has 2 heterocycles. The molecule has 1 unspecified atom stereocenters. The summed E-state index contributed by atoms with van der Waals surface area (Å²) in [7, 11) is 3.51. The van der Waals surface area contributed by atoms with Crippen LogP contribution in [-0.2, 0) is 27.3 Å². The van der Waals surface area contributed by atoms with E-state index in [2.05, 4.69) is 4.90 Å². The highest BCUT2D eigenvalue weighted by Crippen LogP contribution is 2.21. The largest absolute Gasteiger partial charge is 0.490 e. The number of carbonyl (C=O) groups excluding carboxylic acids is 1. The molecule has 1 fully saturated rings. The Bertz CT molecular complexity index is 1430. The molecule has 234 valence electrons. The maximum absolute atomic E-state index is 13.4. The Balaban J connectivity index is 0.000000646. The molecule has 13 heteroatoms. The van der Waals surface area contributed by atoms with E-state index in [1.54, 1.807) is 16.7 Å². The second kappa shape index (κ2) is 15.8. The first-order valence-electron chi connectivity index (χ1n) is 13.9. The molecule has 1 aliphatic rings. The van der Waals surface area contributed by atoms with E-state index in [1.807, 2.05) is 55.6 Å². The number of likely N-dealkylation sites (tertiary alicyclic amines) is 1. The topological polar surface area (TPSA) is 105 Å². The predicted octanol–water partition coefficient (Wildman–Crippen LogP) is 4.62. The average Bonchev–Trinajstić information content (AvgIpc) is 3.42. The van der Waals surface area contributed by atoms with Crippen molar-refractivity contribution in [2.24, 2.45) is 0 Å². The molecule has 1 N–H and O–H groups in total. The van der Waals surface area contributed by atoms with E-state index in [-0.39, 0.29) is 17.5 Å². The molecule has 0 aliphatic carbocycles. The summed E-state index contributed by atoms with van der Waals surface area (Å²) in [5.74, 6) is -2.62. The number of aromatic nitrogens is 2. The van der Waals surface area contributed by atoms with Gasteiger partial charge in [-0.2, -0.15) is 18.3 Å². The first-order chi connectivity index (χ1) is 20.4. The summed E-state index contributed by atoms with van der Waals surface area (Å²) >= 11 is 6.06. The lowest BCUT2D eigenvalue weighted by Gasteiger charge is -2.27. The van der Waals surface area contributed by atoms with E-state index in [4.69, 9.17) is 31.3 Å². The number of likely N-dealkylation sites (N-methyl/N-ethyl adjacent to an activating group) is 1. The number of hydrogen-bond acceptors (Lipinski definition) is 6. The number of nitrogens with zero attached hydrogens (tertiary/aromatic N) is 4. The minimum Gasteiger partial charge on any atom is -0.475 e. The number of fused-ring (bicyclic) bond motifs is 1. The zero-order chi connectivity index (χ0) is 31.6. The van der Waals surface area contributed by atoms with Crippen LogP contribution in [0.3, 0.4) is 0 Å². The molecule has 2 aromatic carbocycles. The molecule has 9 nitrogen and oxygen atoms in total. The van der Waals surface area contributed by atoms with Crippen LogP contribution in [0.15, 0.2) is 53.3 Å². The zero-order valence-corrected chi connectivity index (χ0v) is 24.9. The van der Waals surface area contributed by atoms with Crippen molar-refractivity contribution in [3.8, 4) is 0 Å². The highest BCUT2D eigenvalue weighted by Gasteiger charge is 2.38. The predicted molar refractivity (Wildman–Crippen MR) is 157 cm³/mol. The van der Waals surface area contributed by atoms with Gasteiger partial charge in [0.2, 0.25) is 5.91 Å². The highest BCUT2D eigenvalue weighted by molar-refractivity contribution is 6.30. The number of methoxy groups -OCH3 is 1. The smallest absolute Gasteiger partial charge is 0.475 e. The third-order valence-corrected chi connectivity index (χ3v) is 7.49. The van der Waals surface area contributed by atoms with Crippen molar-refractivity contribution in [2.45, 2.75) is 50.9 Å². The molecule has 0 spiro atoms. The number of halogens is 4. The molecule has 1 aromatic heterocycles. The van der Waals surface area contributed by atoms with Gasteiger partial charge >= 0.3 is 12.1 Å². The number of ether oxygens (including phenoxy) is 1. The summed E-state index contributed by atoms with van der Waals surface area (Å²) in [6.45, 7) is 3.57. The number of amides is 1. The molecule has 4 rings (SSSR count). The molecule has 1 aliphatic heterocycles. The van der Waals surface area contributed by atoms with Crippen molar-refractivity contribution in [3.63, 3.8) is 0 Å². The van der Waals surface area contributed by atoms with Crippen molar-refractivity contribution < 1.29 is 32.6 Å². The lowest BCUT2D eigenvalue weighted by molar-refractivity contribution is -0.192. The fourth-order valence-corrected chi connectivity index (χ4v) is 5.04. The third-order valence-electron chi connectivity index (χ3n) is 7.24. The fraction of sp³-hybridized carbons (Fsp3) is 0.467. The summed E-state index contributed by atoms with van der Waals surface area (Å²) in [6.07, 6.45) is -1.13. The normalized spacial score (nSPS) is 15.3. The number of hydrogen-bond donors (Lipinski definition) is 1. The van der Waals surface area contributed by atoms with Gasteiger partial charge in [0.25, 0.3) is 5.56 Å². The molecular formula is C30H36ClF3N4O5. The van der Waals surface area contributed by atoms with Crippen LogP contribution >= 0.6 is 11.6 Å². The van der Waals surface area contributed by atoms with Gasteiger partial charge in [0, 0.05) is 63.1 Å². The van der Waals surface area contributed by atoms with Crippen molar-refractivity contribution in [1.29, 1.82) is 0 Å². The number of carbonyl (C=O) groups is 2. The van der Waals surface area contributed by atoms with E-state index >= 15 is 0 Å². The number of benzene rings is 2. The molecule has 1 amide bonds. The first-order valence-corrected chi connectivity index (χ1v) is 14.3. The lowest BCUT2D eigenvalue weighted by Crippen LogP contribution is -2.42. The van der Waals surface area contributed by atoms with Gasteiger partial charge in [-0.15, -0.1) is 0 Å². The van der Waals surface area contributed by atoms with Gasteiger partial charge in [-0.25, -0.2) is 9.48 Å². The molecule has 43 heavy (non-hydrogen) atoms. The summed E-state index contributed by atoms with van der Waals surface area (Å²) in [5.41, 5.74) is 1.93. The number of aliphatic carboxylic acids is 1. The summed E-state index contributed by atoms with van der Waals surface area (Å²) in [6, 6.07) is 15.7. The number of carboxylic acid groups (broad SMARTS) is 1. The van der Waals surface area contributed by atoms with Crippen molar-refractivity contribution in [1.82, 2.24) is 19.6 Å². The van der Waals surface area contributed by atoms with Crippen molar-refractivity contribution >= 4 is 34.2 Å². The van der Waals surface area contributed by atoms with Crippen LogP contribution in [0, 0.1) is 0 Å². The average molecular weight is 625 g/mol. The van der Waals surface area contributed by atoms with Gasteiger partial charge in [0.05, 0.1) is 17.6 Å². The van der Waals surface area contributed by atoms with Crippen LogP contribution in [-0.4, -0.2) is 89.2 Å². The maximum atomic E-state index is 13.4. The quantitative estimate of drug-likeness (QED) is 0.310. The van der Waals surface area contributed by atoms with Gasteiger partial charge in [0.15, 0.2) is 0 Å². The summed E-state index contributed by atoms with van der Waals surface area (Å²) < 4.78 is 38.4. The van der Waals surface area contributed by atoms with E-state index in [9.17, 15) is 22.8 Å². The molecule has 0 radical (unpaired) electrons. The molecule has 1 atom stereocenters. The monoisotopic (exact) mass is 624 g/mol. The summed E-state index contributed by atoms with van der Waals surface area (Å²) in [4.78, 5) is 38.8. The van der Waals surface area contributed by atoms with Crippen molar-refractivity contribution in [3.05, 3.63) is 75.2 Å². The second-order valence-electron chi connectivity index (χ2n) is 10.3. The minimum absolute atomic E-state index is 0.0530. The van der Waals surface area contributed by atoms with E-state index in [1.165, 1.54) is 0 Å². The molecule has 0 bridgehead atoms. The molecular weight excluding hydrogens is 589 g/mol. The number of carboxylic acids is 1. The Morgan fingerprint density at radius 2 is 1.79 bits per heavy atom. The van der Waals surface area contributed by atoms with Gasteiger partial charge in [-0.1, -0.05) is 41.9 Å². The van der Waals surface area contributed by atoms with Crippen LogP contribution in [0.1, 0.15) is 36.9 Å². The van der Waals surface area contributed by atoms with E-state index in [0.717, 1.165) is 49.0 Å². The van der Waals surface area contributed by atoms with E-state index < -0.39 is 12.1 Å².